The fourth-order valence-electron chi connectivity index (χ4n) is 0.814. The molecule has 0 radical (unpaired) electrons. The third kappa shape index (κ3) is 16.6. The van der Waals surface area contributed by atoms with Gasteiger partial charge >= 0.3 is 0 Å². The molecule has 4 heteroatoms. The third-order valence-electron chi connectivity index (χ3n) is 1.55. The van der Waals surface area contributed by atoms with E-state index in [-0.39, 0.29) is 12.2 Å². The normalized spacial score (nSPS) is 11.7. The van der Waals surface area contributed by atoms with Gasteiger partial charge in [0.15, 0.2) is 0 Å². The molecular formula is C14H24O4. The molecule has 0 saturated carbocycles. The van der Waals surface area contributed by atoms with Crippen molar-refractivity contribution < 1.29 is 18.9 Å². The van der Waals surface area contributed by atoms with Gasteiger partial charge in [-0.1, -0.05) is 26.3 Å². The average Bonchev–Trinajstić information content (AvgIpc) is 2.35. The second-order valence-corrected chi connectivity index (χ2v) is 3.23. The molecule has 4 nitrogen and oxygen atoms in total. The van der Waals surface area contributed by atoms with Crippen molar-refractivity contribution >= 4 is 0 Å². The van der Waals surface area contributed by atoms with Crippen LogP contribution in [0.25, 0.3) is 0 Å². The van der Waals surface area contributed by atoms with E-state index in [1.165, 1.54) is 25.0 Å². The Kier molecular flexibility index (Phi) is 15.6. The summed E-state index contributed by atoms with van der Waals surface area (Å²) < 4.78 is 19.5. The molecule has 0 aliphatic carbocycles. The van der Waals surface area contributed by atoms with Gasteiger partial charge in [-0.15, -0.1) is 0 Å². The van der Waals surface area contributed by atoms with E-state index in [9.17, 15) is 0 Å². The van der Waals surface area contributed by atoms with Crippen LogP contribution in [-0.2, 0) is 18.9 Å². The minimum absolute atomic E-state index is 0.0560. The van der Waals surface area contributed by atoms with E-state index in [0.29, 0.717) is 13.2 Å². The van der Waals surface area contributed by atoms with E-state index in [2.05, 4.69) is 26.3 Å². The van der Waals surface area contributed by atoms with Crippen molar-refractivity contribution in [3.8, 4) is 0 Å². The molecular weight excluding hydrogens is 232 g/mol. The zero-order valence-corrected chi connectivity index (χ0v) is 11.3. The second kappa shape index (κ2) is 15.2. The lowest BCUT2D eigenvalue weighted by Crippen LogP contribution is -2.10. The Morgan fingerprint density at radius 1 is 0.722 bits per heavy atom. The highest BCUT2D eigenvalue weighted by atomic mass is 16.5. The lowest BCUT2D eigenvalue weighted by Gasteiger charge is -2.08. The zero-order valence-electron chi connectivity index (χ0n) is 11.3. The van der Waals surface area contributed by atoms with Gasteiger partial charge in [0.2, 0.25) is 0 Å². The molecule has 0 amide bonds. The molecule has 0 heterocycles. The molecule has 0 aliphatic rings. The summed E-state index contributed by atoms with van der Waals surface area (Å²) in [6.45, 7) is 18.4. The molecule has 2 unspecified atom stereocenters. The van der Waals surface area contributed by atoms with Gasteiger partial charge in [0.05, 0.1) is 25.0 Å². The molecule has 0 aromatic rings. The highest BCUT2D eigenvalue weighted by Crippen LogP contribution is 1.91. The number of hydrogen-bond donors (Lipinski definition) is 0. The maximum Gasteiger partial charge on any atom is 0.129 e. The van der Waals surface area contributed by atoms with Crippen molar-refractivity contribution in [1.82, 2.24) is 0 Å². The summed E-state index contributed by atoms with van der Waals surface area (Å²) in [4.78, 5) is 0. The van der Waals surface area contributed by atoms with E-state index < -0.39 is 0 Å². The second-order valence-electron chi connectivity index (χ2n) is 3.23. The lowest BCUT2D eigenvalue weighted by molar-refractivity contribution is 0.0823. The van der Waals surface area contributed by atoms with E-state index in [1.807, 2.05) is 13.8 Å². The Morgan fingerprint density at radius 2 is 1.06 bits per heavy atom. The molecule has 0 aromatic heterocycles. The average molecular weight is 256 g/mol. The maximum atomic E-state index is 4.94. The first kappa shape index (κ1) is 18.5. The van der Waals surface area contributed by atoms with Crippen LogP contribution in [0.2, 0.25) is 0 Å². The first-order valence-corrected chi connectivity index (χ1v) is 5.60. The summed E-state index contributed by atoms with van der Waals surface area (Å²) in [6, 6.07) is 0. The standard InChI is InChI=1S/2C7H12O2/c2*1-4-8-6-7(3)9-5-2/h2*4-5,7H,1-2,6H2,3H3. The number of hydrogen-bond acceptors (Lipinski definition) is 4. The first-order chi connectivity index (χ1) is 8.62. The Balaban J connectivity index is 0. The SMILES string of the molecule is C=COCC(C)OC=C.C=COCC(C)OC=C. The van der Waals surface area contributed by atoms with Crippen molar-refractivity contribution in [3.05, 3.63) is 51.4 Å². The minimum Gasteiger partial charge on any atom is -0.498 e. The Bertz CT molecular complexity index is 202. The summed E-state index contributed by atoms with van der Waals surface area (Å²) in [7, 11) is 0. The van der Waals surface area contributed by atoms with Crippen LogP contribution >= 0.6 is 0 Å². The van der Waals surface area contributed by atoms with Gasteiger partial charge in [-0.05, 0) is 13.8 Å². The van der Waals surface area contributed by atoms with E-state index in [0.717, 1.165) is 0 Å². The van der Waals surface area contributed by atoms with E-state index >= 15 is 0 Å². The topological polar surface area (TPSA) is 36.9 Å². The van der Waals surface area contributed by atoms with Gasteiger partial charge in [-0.3, -0.25) is 0 Å². The van der Waals surface area contributed by atoms with Crippen LogP contribution in [0.3, 0.4) is 0 Å². The summed E-state index contributed by atoms with van der Waals surface area (Å²) in [5, 5.41) is 0. The third-order valence-corrected chi connectivity index (χ3v) is 1.55. The van der Waals surface area contributed by atoms with Crippen LogP contribution in [0.15, 0.2) is 51.4 Å². The minimum atomic E-state index is 0.0560. The summed E-state index contributed by atoms with van der Waals surface area (Å²) in [6.07, 6.45) is 5.70. The fraction of sp³-hybridized carbons (Fsp3) is 0.429. The van der Waals surface area contributed by atoms with Crippen LogP contribution in [0.5, 0.6) is 0 Å². The number of rotatable bonds is 10. The zero-order chi connectivity index (χ0) is 14.2. The first-order valence-electron chi connectivity index (χ1n) is 5.60. The maximum absolute atomic E-state index is 4.94. The Hall–Kier alpha value is -1.84. The Morgan fingerprint density at radius 3 is 1.28 bits per heavy atom. The highest BCUT2D eigenvalue weighted by molar-refractivity contribution is 4.59. The molecule has 2 atom stereocenters. The van der Waals surface area contributed by atoms with Crippen molar-refractivity contribution in [2.75, 3.05) is 13.2 Å². The van der Waals surface area contributed by atoms with Crippen LogP contribution < -0.4 is 0 Å². The molecule has 104 valence electrons. The van der Waals surface area contributed by atoms with Crippen molar-refractivity contribution in [1.29, 1.82) is 0 Å². The molecule has 0 aromatic carbocycles. The monoisotopic (exact) mass is 256 g/mol. The summed E-state index contributed by atoms with van der Waals surface area (Å²) >= 11 is 0. The Labute approximate surface area is 110 Å². The predicted molar refractivity (Wildman–Crippen MR) is 73.8 cm³/mol. The fourth-order valence-corrected chi connectivity index (χ4v) is 0.814. The largest absolute Gasteiger partial charge is 0.498 e. The van der Waals surface area contributed by atoms with Gasteiger partial charge in [-0.25, -0.2) is 0 Å². The van der Waals surface area contributed by atoms with Gasteiger partial charge in [-0.2, -0.15) is 0 Å². The van der Waals surface area contributed by atoms with Crippen molar-refractivity contribution in [2.24, 2.45) is 0 Å². The molecule has 0 fully saturated rings. The van der Waals surface area contributed by atoms with Gasteiger partial charge in [0.25, 0.3) is 0 Å². The molecule has 0 N–H and O–H groups in total. The predicted octanol–water partition coefficient (Wildman–Crippen LogP) is 3.39. The molecule has 0 aliphatic heterocycles. The van der Waals surface area contributed by atoms with Gasteiger partial charge in [0.1, 0.15) is 25.4 Å². The molecule has 18 heavy (non-hydrogen) atoms. The molecule has 0 bridgehead atoms. The van der Waals surface area contributed by atoms with Crippen molar-refractivity contribution in [3.63, 3.8) is 0 Å². The van der Waals surface area contributed by atoms with Gasteiger partial charge in [0, 0.05) is 0 Å². The number of ether oxygens (including phenoxy) is 4. The van der Waals surface area contributed by atoms with Crippen LogP contribution in [-0.4, -0.2) is 25.4 Å². The smallest absolute Gasteiger partial charge is 0.129 e. The van der Waals surface area contributed by atoms with E-state index in [4.69, 9.17) is 18.9 Å². The quantitative estimate of drug-likeness (QED) is 0.561. The van der Waals surface area contributed by atoms with Gasteiger partial charge < -0.3 is 18.9 Å². The molecule has 0 saturated heterocycles. The molecule has 0 rings (SSSR count). The molecule has 0 spiro atoms. The lowest BCUT2D eigenvalue weighted by atomic mass is 10.4. The van der Waals surface area contributed by atoms with Crippen LogP contribution in [0, 0.1) is 0 Å². The van der Waals surface area contributed by atoms with Crippen LogP contribution in [0.1, 0.15) is 13.8 Å². The van der Waals surface area contributed by atoms with E-state index in [1.54, 1.807) is 0 Å². The van der Waals surface area contributed by atoms with Crippen molar-refractivity contribution in [2.45, 2.75) is 26.1 Å². The van der Waals surface area contributed by atoms with Crippen LogP contribution in [0.4, 0.5) is 0 Å². The summed E-state index contributed by atoms with van der Waals surface area (Å²) in [5.74, 6) is 0. The summed E-state index contributed by atoms with van der Waals surface area (Å²) in [5.41, 5.74) is 0. The highest BCUT2D eigenvalue weighted by Gasteiger charge is 1.96.